The molecule has 0 radical (unpaired) electrons. The lowest BCUT2D eigenvalue weighted by molar-refractivity contribution is -0.132. The molecule has 3 rings (SSSR count). The number of amides is 1. The summed E-state index contributed by atoms with van der Waals surface area (Å²) in [5.74, 6) is -0.0200. The normalized spacial score (nSPS) is 14.8. The monoisotopic (exact) mass is 345 g/mol. The van der Waals surface area contributed by atoms with E-state index in [4.69, 9.17) is 11.6 Å². The zero-order valence-corrected chi connectivity index (χ0v) is 14.4. The second-order valence-electron chi connectivity index (χ2n) is 5.97. The maximum absolute atomic E-state index is 12.5. The number of pyridine rings is 1. The molecule has 0 bridgehead atoms. The summed E-state index contributed by atoms with van der Waals surface area (Å²) in [4.78, 5) is 28.5. The number of carbonyl (C=O) groups excluding carboxylic acids is 1. The minimum atomic E-state index is -0.108. The highest BCUT2D eigenvalue weighted by Gasteiger charge is 2.21. The largest absolute Gasteiger partial charge is 0.368 e. The van der Waals surface area contributed by atoms with Crippen LogP contribution in [-0.4, -0.2) is 41.6 Å². The molecule has 0 atom stereocenters. The van der Waals surface area contributed by atoms with Crippen molar-refractivity contribution in [2.45, 2.75) is 13.5 Å². The van der Waals surface area contributed by atoms with E-state index in [0.717, 1.165) is 18.8 Å². The molecule has 2 aromatic rings. The van der Waals surface area contributed by atoms with Gasteiger partial charge in [0.1, 0.15) is 6.54 Å². The first-order valence-corrected chi connectivity index (χ1v) is 8.37. The smallest absolute Gasteiger partial charge is 0.253 e. The Balaban J connectivity index is 1.61. The lowest BCUT2D eigenvalue weighted by atomic mass is 10.2. The molecule has 0 aliphatic carbocycles. The molecule has 24 heavy (non-hydrogen) atoms. The van der Waals surface area contributed by atoms with E-state index in [1.807, 2.05) is 29.2 Å². The molecule has 6 heteroatoms. The summed E-state index contributed by atoms with van der Waals surface area (Å²) in [6.07, 6.45) is 1.66. The molecule has 1 aliphatic heterocycles. The van der Waals surface area contributed by atoms with Crippen molar-refractivity contribution >= 4 is 23.2 Å². The van der Waals surface area contributed by atoms with E-state index in [9.17, 15) is 9.59 Å². The summed E-state index contributed by atoms with van der Waals surface area (Å²) < 4.78 is 1.47. The van der Waals surface area contributed by atoms with Crippen molar-refractivity contribution in [3.8, 4) is 0 Å². The quantitative estimate of drug-likeness (QED) is 0.856. The van der Waals surface area contributed by atoms with Crippen molar-refractivity contribution in [3.63, 3.8) is 0 Å². The van der Waals surface area contributed by atoms with Crippen molar-refractivity contribution in [1.82, 2.24) is 9.47 Å². The first-order chi connectivity index (χ1) is 11.5. The summed E-state index contributed by atoms with van der Waals surface area (Å²) in [7, 11) is 0. The first kappa shape index (κ1) is 16.6. The van der Waals surface area contributed by atoms with Gasteiger partial charge in [0.25, 0.3) is 5.56 Å². The molecule has 5 nitrogen and oxygen atoms in total. The molecule has 1 amide bonds. The van der Waals surface area contributed by atoms with Gasteiger partial charge in [-0.25, -0.2) is 0 Å². The number of carbonyl (C=O) groups is 1. The third-order valence-electron chi connectivity index (χ3n) is 4.32. The van der Waals surface area contributed by atoms with Gasteiger partial charge < -0.3 is 14.4 Å². The van der Waals surface area contributed by atoms with Crippen LogP contribution >= 0.6 is 11.6 Å². The highest BCUT2D eigenvalue weighted by Crippen LogP contribution is 2.20. The number of benzene rings is 1. The van der Waals surface area contributed by atoms with Crippen LogP contribution in [0.2, 0.25) is 5.02 Å². The van der Waals surface area contributed by atoms with E-state index in [1.165, 1.54) is 4.57 Å². The zero-order chi connectivity index (χ0) is 17.1. The molecule has 0 spiro atoms. The van der Waals surface area contributed by atoms with Crippen molar-refractivity contribution in [2.75, 3.05) is 31.1 Å². The maximum Gasteiger partial charge on any atom is 0.253 e. The number of hydrogen-bond donors (Lipinski definition) is 0. The van der Waals surface area contributed by atoms with Crippen LogP contribution in [0, 0.1) is 6.92 Å². The van der Waals surface area contributed by atoms with Crippen molar-refractivity contribution < 1.29 is 4.79 Å². The summed E-state index contributed by atoms with van der Waals surface area (Å²) in [6, 6.07) is 11.3. The number of hydrogen-bond acceptors (Lipinski definition) is 3. The Hall–Kier alpha value is -2.27. The van der Waals surface area contributed by atoms with Crippen LogP contribution in [0.1, 0.15) is 5.56 Å². The SMILES string of the molecule is Cc1cccn(CC(=O)N2CCN(c3cccc(Cl)c3)CC2)c1=O. The average molecular weight is 346 g/mol. The van der Waals surface area contributed by atoms with Crippen molar-refractivity contribution in [1.29, 1.82) is 0 Å². The summed E-state index contributed by atoms with van der Waals surface area (Å²) in [5, 5.41) is 0.713. The summed E-state index contributed by atoms with van der Waals surface area (Å²) in [5.41, 5.74) is 1.61. The molecule has 1 aromatic carbocycles. The molecular weight excluding hydrogens is 326 g/mol. The van der Waals surface area contributed by atoms with Gasteiger partial charge in [-0.15, -0.1) is 0 Å². The Bertz CT molecular complexity index is 795. The lowest BCUT2D eigenvalue weighted by Gasteiger charge is -2.36. The molecule has 0 saturated carbocycles. The third kappa shape index (κ3) is 3.62. The molecule has 0 unspecified atom stereocenters. The second-order valence-corrected chi connectivity index (χ2v) is 6.41. The number of piperazine rings is 1. The van der Waals surface area contributed by atoms with E-state index in [2.05, 4.69) is 4.90 Å². The Morgan fingerprint density at radius 3 is 2.58 bits per heavy atom. The molecule has 1 aromatic heterocycles. The van der Waals surface area contributed by atoms with Gasteiger partial charge >= 0.3 is 0 Å². The van der Waals surface area contributed by atoms with Crippen LogP contribution in [-0.2, 0) is 11.3 Å². The summed E-state index contributed by atoms with van der Waals surface area (Å²) >= 11 is 6.04. The van der Waals surface area contributed by atoms with Gasteiger partial charge in [0.2, 0.25) is 5.91 Å². The standard InChI is InChI=1S/C18H20ClN3O2/c1-14-4-3-7-22(18(14)24)13-17(23)21-10-8-20(9-11-21)16-6-2-5-15(19)12-16/h2-7,12H,8-11,13H2,1H3. The molecule has 0 N–H and O–H groups in total. The van der Waals surface area contributed by atoms with Gasteiger partial charge in [0.15, 0.2) is 0 Å². The van der Waals surface area contributed by atoms with Gasteiger partial charge in [-0.3, -0.25) is 9.59 Å². The number of nitrogens with zero attached hydrogens (tertiary/aromatic N) is 3. The zero-order valence-electron chi connectivity index (χ0n) is 13.6. The molecule has 1 aliphatic rings. The van der Waals surface area contributed by atoms with Gasteiger partial charge in [-0.2, -0.15) is 0 Å². The molecule has 1 saturated heterocycles. The average Bonchev–Trinajstić information content (AvgIpc) is 2.59. The van der Waals surface area contributed by atoms with E-state index in [-0.39, 0.29) is 18.0 Å². The van der Waals surface area contributed by atoms with Gasteiger partial charge in [-0.1, -0.05) is 23.7 Å². The van der Waals surface area contributed by atoms with E-state index in [1.54, 1.807) is 25.3 Å². The third-order valence-corrected chi connectivity index (χ3v) is 4.56. The highest BCUT2D eigenvalue weighted by molar-refractivity contribution is 6.30. The summed E-state index contributed by atoms with van der Waals surface area (Å²) in [6.45, 7) is 4.66. The fourth-order valence-electron chi connectivity index (χ4n) is 2.91. The van der Waals surface area contributed by atoms with Crippen LogP contribution in [0.3, 0.4) is 0 Å². The Kier molecular flexibility index (Phi) is 4.90. The Morgan fingerprint density at radius 1 is 1.12 bits per heavy atom. The fraction of sp³-hybridized carbons (Fsp3) is 0.333. The molecular formula is C18H20ClN3O2. The van der Waals surface area contributed by atoms with Crippen LogP contribution < -0.4 is 10.5 Å². The number of aryl methyl sites for hydroxylation is 1. The first-order valence-electron chi connectivity index (χ1n) is 7.99. The number of rotatable bonds is 3. The fourth-order valence-corrected chi connectivity index (χ4v) is 3.10. The molecule has 1 fully saturated rings. The van der Waals surface area contributed by atoms with E-state index < -0.39 is 0 Å². The number of anilines is 1. The van der Waals surface area contributed by atoms with Crippen LogP contribution in [0.15, 0.2) is 47.4 Å². The predicted octanol–water partition coefficient (Wildman–Crippen LogP) is 2.16. The number of aromatic nitrogens is 1. The molecule has 2 heterocycles. The Morgan fingerprint density at radius 2 is 1.88 bits per heavy atom. The minimum Gasteiger partial charge on any atom is -0.368 e. The van der Waals surface area contributed by atoms with Gasteiger partial charge in [-0.05, 0) is 31.2 Å². The molecule has 126 valence electrons. The van der Waals surface area contributed by atoms with E-state index in [0.29, 0.717) is 23.7 Å². The van der Waals surface area contributed by atoms with Crippen molar-refractivity contribution in [2.24, 2.45) is 0 Å². The predicted molar refractivity (Wildman–Crippen MR) is 95.7 cm³/mol. The Labute approximate surface area is 146 Å². The van der Waals surface area contributed by atoms with Gasteiger partial charge in [0, 0.05) is 48.6 Å². The van der Waals surface area contributed by atoms with Crippen molar-refractivity contribution in [3.05, 3.63) is 63.5 Å². The maximum atomic E-state index is 12.5. The number of halogens is 1. The highest BCUT2D eigenvalue weighted by atomic mass is 35.5. The van der Waals surface area contributed by atoms with Crippen LogP contribution in [0.25, 0.3) is 0 Å². The van der Waals surface area contributed by atoms with Crippen LogP contribution in [0.4, 0.5) is 5.69 Å². The second kappa shape index (κ2) is 7.09. The van der Waals surface area contributed by atoms with Crippen LogP contribution in [0.5, 0.6) is 0 Å². The lowest BCUT2D eigenvalue weighted by Crippen LogP contribution is -2.50. The van der Waals surface area contributed by atoms with E-state index >= 15 is 0 Å². The minimum absolute atomic E-state index is 0.0200. The topological polar surface area (TPSA) is 45.6 Å². The van der Waals surface area contributed by atoms with Gasteiger partial charge in [0.05, 0.1) is 0 Å².